The highest BCUT2D eigenvalue weighted by atomic mass is 79.9. The van der Waals surface area contributed by atoms with Crippen LogP contribution in [0.15, 0.2) is 88.0 Å². The Kier molecular flexibility index (Phi) is 4.99. The van der Waals surface area contributed by atoms with E-state index < -0.39 is 0 Å². The molecule has 4 aromatic rings. The first-order valence-corrected chi connectivity index (χ1v) is 12.4. The zero-order chi connectivity index (χ0) is 22.5. The van der Waals surface area contributed by atoms with Crippen molar-refractivity contribution in [3.63, 3.8) is 0 Å². The van der Waals surface area contributed by atoms with Gasteiger partial charge >= 0.3 is 0 Å². The summed E-state index contributed by atoms with van der Waals surface area (Å²) in [6, 6.07) is 22.4. The van der Waals surface area contributed by atoms with Crippen molar-refractivity contribution in [2.24, 2.45) is 0 Å². The van der Waals surface area contributed by atoms with Crippen molar-refractivity contribution in [1.29, 1.82) is 0 Å². The Hall–Kier alpha value is -3.10. The largest absolute Gasteiger partial charge is 0.480 e. The summed E-state index contributed by atoms with van der Waals surface area (Å²) in [7, 11) is 0. The maximum Gasteiger partial charge on any atom is 0.227 e. The Balaban J connectivity index is 1.62. The monoisotopic (exact) mass is 520 g/mol. The highest BCUT2D eigenvalue weighted by Crippen LogP contribution is 2.50. The Morgan fingerprint density at radius 3 is 2.48 bits per heavy atom. The third-order valence-electron chi connectivity index (χ3n) is 5.90. The molecule has 8 heteroatoms. The number of aromatic nitrogens is 3. The summed E-state index contributed by atoms with van der Waals surface area (Å²) < 4.78 is 23.3. The predicted octanol–water partition coefficient (Wildman–Crippen LogP) is 6.46. The molecular weight excluding hydrogens is 503 g/mol. The maximum atomic E-state index is 13.8. The normalized spacial score (nSPS) is 18.6. The van der Waals surface area contributed by atoms with E-state index in [4.69, 9.17) is 9.84 Å². The Labute approximate surface area is 202 Å². The SMILES string of the molecule is CSc1nc2n(n1)[C@@H](c1ccc(F)cc1)C1=C(N2)c2ccccc2O[C@H]1c1ccc(Br)cc1. The fourth-order valence-corrected chi connectivity index (χ4v) is 5.03. The maximum absolute atomic E-state index is 13.8. The lowest BCUT2D eigenvalue weighted by Crippen LogP contribution is -2.32. The zero-order valence-corrected chi connectivity index (χ0v) is 19.9. The molecule has 164 valence electrons. The summed E-state index contributed by atoms with van der Waals surface area (Å²) in [5.41, 5.74) is 4.85. The number of para-hydroxylation sites is 1. The van der Waals surface area contributed by atoms with Gasteiger partial charge in [-0.3, -0.25) is 0 Å². The van der Waals surface area contributed by atoms with Gasteiger partial charge in [-0.15, -0.1) is 5.10 Å². The molecule has 1 aromatic heterocycles. The van der Waals surface area contributed by atoms with E-state index in [1.54, 1.807) is 12.1 Å². The highest BCUT2D eigenvalue weighted by molar-refractivity contribution is 9.10. The van der Waals surface area contributed by atoms with Gasteiger partial charge in [-0.2, -0.15) is 4.98 Å². The highest BCUT2D eigenvalue weighted by Gasteiger charge is 2.41. The minimum absolute atomic E-state index is 0.278. The Bertz CT molecular complexity index is 1380. The molecule has 3 aromatic carbocycles. The molecule has 5 nitrogen and oxygen atoms in total. The lowest BCUT2D eigenvalue weighted by atomic mass is 9.84. The van der Waals surface area contributed by atoms with Crippen molar-refractivity contribution >= 4 is 39.3 Å². The van der Waals surface area contributed by atoms with Crippen molar-refractivity contribution in [2.75, 3.05) is 11.6 Å². The van der Waals surface area contributed by atoms with Crippen LogP contribution < -0.4 is 10.1 Å². The predicted molar refractivity (Wildman–Crippen MR) is 131 cm³/mol. The molecule has 0 spiro atoms. The summed E-state index contributed by atoms with van der Waals surface area (Å²) in [4.78, 5) is 4.68. The minimum atomic E-state index is -0.361. The van der Waals surface area contributed by atoms with Crippen LogP contribution in [0.4, 0.5) is 10.3 Å². The van der Waals surface area contributed by atoms with Crippen molar-refractivity contribution in [1.82, 2.24) is 14.8 Å². The van der Waals surface area contributed by atoms with Crippen molar-refractivity contribution in [2.45, 2.75) is 17.3 Å². The molecule has 0 fully saturated rings. The number of hydrogen-bond donors (Lipinski definition) is 1. The minimum Gasteiger partial charge on any atom is -0.480 e. The van der Waals surface area contributed by atoms with Crippen LogP contribution in [0.1, 0.15) is 28.8 Å². The van der Waals surface area contributed by atoms with Crippen LogP contribution in [0, 0.1) is 5.82 Å². The van der Waals surface area contributed by atoms with Gasteiger partial charge in [0, 0.05) is 15.6 Å². The number of halogens is 2. The average Bonchev–Trinajstić information content (AvgIpc) is 3.26. The standard InChI is InChI=1S/C25H18BrFN4OS/c1-33-25-29-24-28-21-18-4-2-3-5-19(18)32-23(15-6-10-16(26)11-7-15)20(21)22(31(24)30-25)14-8-12-17(27)13-9-14/h2-13,22-23H,1H3,(H,28,29,30)/t22-,23-/m0/s1. The smallest absolute Gasteiger partial charge is 0.227 e. The van der Waals surface area contributed by atoms with E-state index in [2.05, 4.69) is 38.4 Å². The fraction of sp³-hybridized carbons (Fsp3) is 0.120. The zero-order valence-electron chi connectivity index (χ0n) is 17.5. The molecule has 6 rings (SSSR count). The number of anilines is 1. The summed E-state index contributed by atoms with van der Waals surface area (Å²) in [6.07, 6.45) is 1.59. The van der Waals surface area contributed by atoms with Crippen LogP contribution in [0.2, 0.25) is 0 Å². The number of benzene rings is 3. The number of nitrogens with one attached hydrogen (secondary N) is 1. The number of hydrogen-bond acceptors (Lipinski definition) is 5. The second-order valence-electron chi connectivity index (χ2n) is 7.82. The second-order valence-corrected chi connectivity index (χ2v) is 9.51. The Morgan fingerprint density at radius 1 is 1.00 bits per heavy atom. The number of rotatable bonds is 3. The lowest BCUT2D eigenvalue weighted by Gasteiger charge is -2.38. The molecule has 0 saturated heterocycles. The summed E-state index contributed by atoms with van der Waals surface area (Å²) in [5, 5.41) is 8.94. The molecule has 2 aliphatic heterocycles. The van der Waals surface area contributed by atoms with Gasteiger partial charge < -0.3 is 10.1 Å². The van der Waals surface area contributed by atoms with Crippen LogP contribution >= 0.6 is 27.7 Å². The number of ether oxygens (including phenoxy) is 1. The van der Waals surface area contributed by atoms with Gasteiger partial charge in [-0.05, 0) is 53.8 Å². The van der Waals surface area contributed by atoms with Gasteiger partial charge in [-0.1, -0.05) is 64.1 Å². The van der Waals surface area contributed by atoms with E-state index in [0.29, 0.717) is 11.1 Å². The molecule has 0 bridgehead atoms. The van der Waals surface area contributed by atoms with Gasteiger partial charge in [-0.25, -0.2) is 9.07 Å². The van der Waals surface area contributed by atoms with Gasteiger partial charge in [0.15, 0.2) is 0 Å². The summed E-state index contributed by atoms with van der Waals surface area (Å²) in [5.74, 6) is 1.17. The first-order chi connectivity index (χ1) is 16.1. The van der Waals surface area contributed by atoms with E-state index in [0.717, 1.165) is 38.2 Å². The van der Waals surface area contributed by atoms with Crippen LogP contribution in [0.25, 0.3) is 5.70 Å². The first kappa shape index (κ1) is 20.5. The molecule has 0 unspecified atom stereocenters. The van der Waals surface area contributed by atoms with E-state index in [1.165, 1.54) is 23.9 Å². The molecule has 3 heterocycles. The molecule has 0 aliphatic carbocycles. The van der Waals surface area contributed by atoms with Crippen molar-refractivity contribution in [3.8, 4) is 5.75 Å². The molecular formula is C25H18BrFN4OS. The third-order valence-corrected chi connectivity index (χ3v) is 6.97. The molecule has 2 aliphatic rings. The van der Waals surface area contributed by atoms with Crippen molar-refractivity contribution in [3.05, 3.63) is 105 Å². The average molecular weight is 521 g/mol. The topological polar surface area (TPSA) is 52.0 Å². The molecule has 1 N–H and O–H groups in total. The van der Waals surface area contributed by atoms with Crippen LogP contribution in [-0.4, -0.2) is 21.0 Å². The van der Waals surface area contributed by atoms with Gasteiger partial charge in [0.05, 0.1) is 5.70 Å². The molecule has 0 radical (unpaired) electrons. The number of nitrogens with zero attached hydrogens (tertiary/aromatic N) is 3. The quantitative estimate of drug-likeness (QED) is 0.314. The summed E-state index contributed by atoms with van der Waals surface area (Å²) >= 11 is 5.01. The molecule has 0 saturated carbocycles. The molecule has 2 atom stereocenters. The van der Waals surface area contributed by atoms with Gasteiger partial charge in [0.1, 0.15) is 23.7 Å². The Morgan fingerprint density at radius 2 is 1.73 bits per heavy atom. The molecule has 0 amide bonds. The van der Waals surface area contributed by atoms with Gasteiger partial charge in [0.2, 0.25) is 11.1 Å². The second kappa shape index (κ2) is 8.04. The van der Waals surface area contributed by atoms with E-state index in [-0.39, 0.29) is 18.0 Å². The van der Waals surface area contributed by atoms with Gasteiger partial charge in [0.25, 0.3) is 0 Å². The van der Waals surface area contributed by atoms with Crippen molar-refractivity contribution < 1.29 is 9.13 Å². The van der Waals surface area contributed by atoms with E-state index in [9.17, 15) is 4.39 Å². The number of thioether (sulfide) groups is 1. The lowest BCUT2D eigenvalue weighted by molar-refractivity contribution is 0.223. The molecule has 33 heavy (non-hydrogen) atoms. The van der Waals surface area contributed by atoms with E-state index >= 15 is 0 Å². The van der Waals surface area contributed by atoms with Crippen LogP contribution in [0.3, 0.4) is 0 Å². The number of fused-ring (bicyclic) bond motifs is 3. The van der Waals surface area contributed by atoms with E-state index in [1.807, 2.05) is 47.3 Å². The van der Waals surface area contributed by atoms with Crippen LogP contribution in [0.5, 0.6) is 5.75 Å². The summed E-state index contributed by atoms with van der Waals surface area (Å²) in [6.45, 7) is 0. The van der Waals surface area contributed by atoms with Crippen LogP contribution in [-0.2, 0) is 0 Å². The fourth-order valence-electron chi connectivity index (χ4n) is 4.42. The third kappa shape index (κ3) is 3.45. The first-order valence-electron chi connectivity index (χ1n) is 10.4.